The van der Waals surface area contributed by atoms with Crippen LogP contribution in [0.3, 0.4) is 0 Å². The predicted molar refractivity (Wildman–Crippen MR) is 196 cm³/mol. The fraction of sp³-hybridized carbons (Fsp3) is 0.872. The number of hydrogen-bond donors (Lipinski definition) is 4. The largest absolute Gasteiger partial charge is 0.459 e. The summed E-state index contributed by atoms with van der Waals surface area (Å²) in [6, 6.07) is -0.313. The fourth-order valence-electron chi connectivity index (χ4n) is 8.39. The molecule has 0 unspecified atom stereocenters. The van der Waals surface area contributed by atoms with E-state index in [1.54, 1.807) is 21.0 Å². The van der Waals surface area contributed by atoms with Crippen LogP contribution in [-0.4, -0.2) is 132 Å². The molecule has 0 radical (unpaired) electrons. The number of carbonyl (C=O) groups excluding carboxylic acids is 2. The zero-order valence-electron chi connectivity index (χ0n) is 32.8. The average molecular weight is 722 g/mol. The van der Waals surface area contributed by atoms with Gasteiger partial charge in [0.25, 0.3) is 0 Å². The molecule has 0 aliphatic carbocycles. The number of aliphatic hydroxyl groups excluding tert-OH is 2. The molecule has 0 aromatic heterocycles. The number of terminal acetylenes is 1. The first kappa shape index (κ1) is 43.5. The number of ether oxygens (including phenoxy) is 4. The zero-order chi connectivity index (χ0) is 38.3. The average Bonchev–Trinajstić information content (AvgIpc) is 3.11. The van der Waals surface area contributed by atoms with Crippen molar-refractivity contribution in [2.24, 2.45) is 34.6 Å². The second kappa shape index (κ2) is 18.9. The molecule has 0 spiro atoms. The summed E-state index contributed by atoms with van der Waals surface area (Å²) in [6.45, 7) is 17.0. The van der Waals surface area contributed by atoms with E-state index in [0.717, 1.165) is 25.9 Å². The number of nitrogens with one attached hydrogen (secondary N) is 1. The van der Waals surface area contributed by atoms with Gasteiger partial charge < -0.3 is 39.6 Å². The Morgan fingerprint density at radius 1 is 1.14 bits per heavy atom. The Kier molecular flexibility index (Phi) is 16.1. The van der Waals surface area contributed by atoms with E-state index in [2.05, 4.69) is 11.2 Å². The van der Waals surface area contributed by atoms with Crippen molar-refractivity contribution in [3.63, 3.8) is 0 Å². The summed E-state index contributed by atoms with van der Waals surface area (Å²) in [5.41, 5.74) is -2.30. The van der Waals surface area contributed by atoms with Gasteiger partial charge in [-0.2, -0.15) is 0 Å². The van der Waals surface area contributed by atoms with Crippen molar-refractivity contribution in [2.45, 2.75) is 148 Å². The van der Waals surface area contributed by atoms with Crippen LogP contribution in [0.15, 0.2) is 4.99 Å². The minimum absolute atomic E-state index is 0.217. The van der Waals surface area contributed by atoms with Crippen LogP contribution in [0.1, 0.15) is 93.9 Å². The Labute approximate surface area is 306 Å². The number of cyclic esters (lactones) is 1. The number of carbonyl (C=O) groups is 2. The molecule has 51 heavy (non-hydrogen) atoms. The molecule has 14 atom stereocenters. The van der Waals surface area contributed by atoms with Crippen molar-refractivity contribution in [1.82, 2.24) is 10.2 Å². The lowest BCUT2D eigenvalue weighted by Crippen LogP contribution is -2.60. The molecular weight excluding hydrogens is 654 g/mol. The third kappa shape index (κ3) is 10.4. The van der Waals surface area contributed by atoms with E-state index in [1.807, 2.05) is 39.6 Å². The minimum atomic E-state index is -1.83. The number of methoxy groups -OCH3 is 1. The number of esters is 1. The number of Topliss-reactive ketones (excluding diaryl/α,β-unsaturated/α-hetero) is 1. The number of hydrogen-bond acceptors (Lipinski definition) is 12. The molecule has 3 saturated heterocycles. The first-order valence-corrected chi connectivity index (χ1v) is 19.0. The molecule has 3 aliphatic heterocycles. The van der Waals surface area contributed by atoms with Crippen LogP contribution in [0.2, 0.25) is 0 Å². The van der Waals surface area contributed by atoms with E-state index in [1.165, 1.54) is 13.8 Å². The highest BCUT2D eigenvalue weighted by atomic mass is 16.7. The lowest BCUT2D eigenvalue weighted by molar-refractivity contribution is -0.295. The highest BCUT2D eigenvalue weighted by Crippen LogP contribution is 2.39. The van der Waals surface area contributed by atoms with E-state index in [9.17, 15) is 24.9 Å². The van der Waals surface area contributed by atoms with Gasteiger partial charge in [0.2, 0.25) is 0 Å². The molecule has 3 aliphatic rings. The molecule has 0 aromatic carbocycles. The molecule has 3 fully saturated rings. The van der Waals surface area contributed by atoms with E-state index in [-0.39, 0.29) is 24.5 Å². The fourth-order valence-corrected chi connectivity index (χ4v) is 8.39. The number of ketones is 1. The van der Waals surface area contributed by atoms with Gasteiger partial charge in [-0.3, -0.25) is 19.5 Å². The van der Waals surface area contributed by atoms with Crippen LogP contribution in [-0.2, 0) is 28.5 Å². The summed E-state index contributed by atoms with van der Waals surface area (Å²) in [6.07, 6.45) is 3.37. The van der Waals surface area contributed by atoms with Crippen molar-refractivity contribution >= 4 is 17.5 Å². The van der Waals surface area contributed by atoms with Gasteiger partial charge in [0.05, 0.1) is 23.9 Å². The Morgan fingerprint density at radius 2 is 1.82 bits per heavy atom. The molecule has 0 saturated carbocycles. The quantitative estimate of drug-likeness (QED) is 0.158. The molecule has 0 bridgehead atoms. The van der Waals surface area contributed by atoms with Crippen LogP contribution in [0.4, 0.5) is 0 Å². The van der Waals surface area contributed by atoms with Crippen molar-refractivity contribution in [1.29, 1.82) is 0 Å². The molecule has 3 heterocycles. The van der Waals surface area contributed by atoms with Crippen LogP contribution < -0.4 is 5.32 Å². The van der Waals surface area contributed by atoms with E-state index >= 15 is 0 Å². The van der Waals surface area contributed by atoms with Gasteiger partial charge in [-0.25, -0.2) is 0 Å². The van der Waals surface area contributed by atoms with Crippen LogP contribution in [0, 0.1) is 41.9 Å². The third-order valence-electron chi connectivity index (χ3n) is 11.8. The van der Waals surface area contributed by atoms with Crippen LogP contribution in [0.25, 0.3) is 0 Å². The number of nitrogens with zero attached hydrogens (tertiary/aromatic N) is 2. The number of piperidine rings is 1. The van der Waals surface area contributed by atoms with Crippen LogP contribution >= 0.6 is 0 Å². The van der Waals surface area contributed by atoms with Gasteiger partial charge in [0, 0.05) is 50.2 Å². The second-order valence-corrected chi connectivity index (χ2v) is 15.9. The van der Waals surface area contributed by atoms with Crippen molar-refractivity contribution in [3.8, 4) is 12.3 Å². The maximum atomic E-state index is 14.2. The number of rotatable bonds is 9. The summed E-state index contributed by atoms with van der Waals surface area (Å²) in [5.74, 6) is -1.33. The SMILES string of the molecule is C#CCCN(C)[C@H]1C[C@@H](C)O[C@@H](O[C@@H]2[C@@H](C)C(=O)[C@@H](C)C(=O)O[C@H](CC)[C@@](C)(O)[C@H](O)[C@@H](C)/C(=N/C[C@@H]3CCCNC3)[C@H](C)C[C@@]2(C)OC)[C@@H]1O. The minimum Gasteiger partial charge on any atom is -0.459 e. The topological polar surface area (TPSA) is 159 Å². The number of aliphatic imine (C=N–C) groups is 1. The normalized spacial score (nSPS) is 43.0. The summed E-state index contributed by atoms with van der Waals surface area (Å²) >= 11 is 0. The van der Waals surface area contributed by atoms with E-state index < -0.39 is 71.4 Å². The third-order valence-corrected chi connectivity index (χ3v) is 11.8. The lowest BCUT2D eigenvalue weighted by Gasteiger charge is -2.47. The Bertz CT molecular complexity index is 1220. The van der Waals surface area contributed by atoms with Crippen molar-refractivity contribution < 1.29 is 43.9 Å². The smallest absolute Gasteiger partial charge is 0.316 e. The Hall–Kier alpha value is -1.95. The molecule has 3 rings (SSSR count). The summed E-state index contributed by atoms with van der Waals surface area (Å²) in [5, 5.41) is 38.7. The molecule has 12 nitrogen and oxygen atoms in total. The Balaban J connectivity index is 2.12. The predicted octanol–water partition coefficient (Wildman–Crippen LogP) is 2.99. The standard InChI is InChI=1S/C39H67N3O9/c1-12-14-18-42(10)29-19-24(4)49-37(33(29)44)51-35-26(6)32(43)27(7)36(46)50-30(13-2)39(9,47)34(45)25(5)31(23(3)20-38(35,8)48-11)41-22-28-16-15-17-40-21-28/h1,23-30,33-35,37,40,44-45,47H,13-22H2,2-11H3/b41-31+/t23-,24-,25+,26+,27-,28-,29+,30-,33-,34-,35-,37+,38-,39-/m1/s1. The van der Waals surface area contributed by atoms with Gasteiger partial charge in [0.1, 0.15) is 23.7 Å². The molecular formula is C39H67N3O9. The van der Waals surface area contributed by atoms with E-state index in [4.69, 9.17) is 30.4 Å². The van der Waals surface area contributed by atoms with Crippen molar-refractivity contribution in [3.05, 3.63) is 0 Å². The first-order valence-electron chi connectivity index (χ1n) is 19.0. The molecule has 0 aromatic rings. The highest BCUT2D eigenvalue weighted by molar-refractivity contribution is 6.00. The molecule has 0 amide bonds. The lowest BCUT2D eigenvalue weighted by atomic mass is 9.73. The van der Waals surface area contributed by atoms with Gasteiger partial charge in [-0.05, 0) is 91.8 Å². The maximum absolute atomic E-state index is 14.2. The summed E-state index contributed by atoms with van der Waals surface area (Å²) < 4.78 is 25.0. The highest BCUT2D eigenvalue weighted by Gasteiger charge is 2.51. The molecule has 12 heteroatoms. The van der Waals surface area contributed by atoms with Gasteiger partial charge in [0.15, 0.2) is 12.1 Å². The zero-order valence-corrected chi connectivity index (χ0v) is 32.8. The number of likely N-dealkylation sites (N-methyl/N-ethyl adjacent to an activating group) is 1. The Morgan fingerprint density at radius 3 is 2.41 bits per heavy atom. The summed E-state index contributed by atoms with van der Waals surface area (Å²) in [4.78, 5) is 34.9. The van der Waals surface area contributed by atoms with Gasteiger partial charge >= 0.3 is 5.97 Å². The first-order chi connectivity index (χ1) is 23.9. The van der Waals surface area contributed by atoms with E-state index in [0.29, 0.717) is 44.0 Å². The maximum Gasteiger partial charge on any atom is 0.316 e. The van der Waals surface area contributed by atoms with Gasteiger partial charge in [-0.15, -0.1) is 12.3 Å². The molecule has 292 valence electrons. The van der Waals surface area contributed by atoms with Crippen molar-refractivity contribution in [2.75, 3.05) is 40.3 Å². The van der Waals surface area contributed by atoms with Gasteiger partial charge in [-0.1, -0.05) is 27.7 Å². The molecule has 4 N–H and O–H groups in total. The van der Waals surface area contributed by atoms with Crippen LogP contribution in [0.5, 0.6) is 0 Å². The second-order valence-electron chi connectivity index (χ2n) is 15.9. The monoisotopic (exact) mass is 721 g/mol. The number of aliphatic hydroxyl groups is 3. The summed E-state index contributed by atoms with van der Waals surface area (Å²) in [7, 11) is 3.46.